The second-order valence-electron chi connectivity index (χ2n) is 3.20. The van der Waals surface area contributed by atoms with Gasteiger partial charge in [0.2, 0.25) is 0 Å². The number of hydrogen-bond acceptors (Lipinski definition) is 3. The Morgan fingerprint density at radius 1 is 1.36 bits per heavy atom. The van der Waals surface area contributed by atoms with E-state index in [1.807, 2.05) is 11.8 Å². The fourth-order valence-corrected chi connectivity index (χ4v) is 1.94. The minimum Gasteiger partial charge on any atom is -0.393 e. The number of hydrogen-bond donors (Lipinski definition) is 1. The van der Waals surface area contributed by atoms with E-state index in [2.05, 4.69) is 18.7 Å². The Balaban J connectivity index is 3.42. The predicted octanol–water partition coefficient (Wildman–Crippen LogP) is 2.13. The van der Waals surface area contributed by atoms with E-state index >= 15 is 0 Å². The van der Waals surface area contributed by atoms with E-state index in [-0.39, 0.29) is 0 Å². The van der Waals surface area contributed by atoms with Gasteiger partial charge >= 0.3 is 0 Å². The lowest BCUT2D eigenvalue weighted by atomic mass is 10.3. The Kier molecular flexibility index (Phi) is 9.88. The summed E-state index contributed by atoms with van der Waals surface area (Å²) in [7, 11) is 0. The highest BCUT2D eigenvalue weighted by Crippen LogP contribution is 2.02. The summed E-state index contributed by atoms with van der Waals surface area (Å²) in [4.78, 5) is 3.04. The lowest BCUT2D eigenvalue weighted by molar-refractivity contribution is 0.298. The molecular weight excluding hydrogens is 212 g/mol. The first kappa shape index (κ1) is 14.2. The Morgan fingerprint density at radius 3 is 2.57 bits per heavy atom. The van der Waals surface area contributed by atoms with Gasteiger partial charge in [0.05, 0.1) is 4.99 Å². The minimum atomic E-state index is 0.631. The van der Waals surface area contributed by atoms with Crippen molar-refractivity contribution in [1.29, 1.82) is 0 Å². The molecule has 0 heterocycles. The van der Waals surface area contributed by atoms with Crippen molar-refractivity contribution in [1.82, 2.24) is 4.90 Å². The molecule has 0 unspecified atom stereocenters. The molecule has 4 heteroatoms. The molecule has 0 aromatic rings. The zero-order valence-electron chi connectivity index (χ0n) is 9.29. The predicted molar refractivity (Wildman–Crippen MR) is 71.1 cm³/mol. The van der Waals surface area contributed by atoms with Crippen molar-refractivity contribution in [2.45, 2.75) is 26.7 Å². The zero-order valence-corrected chi connectivity index (χ0v) is 10.9. The van der Waals surface area contributed by atoms with Gasteiger partial charge in [0.1, 0.15) is 0 Å². The number of rotatable bonds is 9. The quantitative estimate of drug-likeness (QED) is 0.489. The van der Waals surface area contributed by atoms with Crippen LogP contribution in [0, 0.1) is 0 Å². The molecule has 0 amide bonds. The van der Waals surface area contributed by atoms with Crippen LogP contribution < -0.4 is 5.73 Å². The molecular formula is C10H22N2S2. The molecule has 0 aliphatic rings. The molecule has 0 fully saturated rings. The van der Waals surface area contributed by atoms with E-state index < -0.39 is 0 Å². The lowest BCUT2D eigenvalue weighted by Crippen LogP contribution is -2.28. The maximum Gasteiger partial charge on any atom is 0.0740 e. The van der Waals surface area contributed by atoms with Crippen LogP contribution in [0.4, 0.5) is 0 Å². The molecule has 84 valence electrons. The van der Waals surface area contributed by atoms with Gasteiger partial charge < -0.3 is 10.6 Å². The molecule has 0 atom stereocenters. The van der Waals surface area contributed by atoms with E-state index in [0.717, 1.165) is 19.5 Å². The zero-order chi connectivity index (χ0) is 10.8. The molecule has 0 aromatic heterocycles. The summed E-state index contributed by atoms with van der Waals surface area (Å²) in [6.45, 7) is 7.68. The van der Waals surface area contributed by atoms with Crippen molar-refractivity contribution in [3.8, 4) is 0 Å². The van der Waals surface area contributed by atoms with Gasteiger partial charge in [-0.2, -0.15) is 11.8 Å². The van der Waals surface area contributed by atoms with Crippen LogP contribution >= 0.6 is 24.0 Å². The van der Waals surface area contributed by atoms with Crippen molar-refractivity contribution in [3.05, 3.63) is 0 Å². The molecule has 0 saturated carbocycles. The first-order chi connectivity index (χ1) is 6.70. The van der Waals surface area contributed by atoms with Crippen LogP contribution in [0.1, 0.15) is 26.7 Å². The van der Waals surface area contributed by atoms with Gasteiger partial charge in [0.15, 0.2) is 0 Å². The van der Waals surface area contributed by atoms with Crippen LogP contribution in [0.25, 0.3) is 0 Å². The minimum absolute atomic E-state index is 0.631. The van der Waals surface area contributed by atoms with E-state index in [9.17, 15) is 0 Å². The summed E-state index contributed by atoms with van der Waals surface area (Å²) in [5.74, 6) is 2.49. The Labute approximate surface area is 97.6 Å². The molecule has 0 spiro atoms. The maximum absolute atomic E-state index is 5.47. The molecule has 0 saturated heterocycles. The SMILES string of the molecule is CCSCCCN(CC)CCC(N)=S. The standard InChI is InChI=1S/C10H22N2S2/c1-3-12(8-6-10(11)13)7-5-9-14-4-2/h3-9H2,1-2H3,(H2,11,13). The molecule has 14 heavy (non-hydrogen) atoms. The average molecular weight is 234 g/mol. The van der Waals surface area contributed by atoms with Gasteiger partial charge in [-0.3, -0.25) is 0 Å². The monoisotopic (exact) mass is 234 g/mol. The lowest BCUT2D eigenvalue weighted by Gasteiger charge is -2.19. The fourth-order valence-electron chi connectivity index (χ4n) is 1.23. The van der Waals surface area contributed by atoms with E-state index in [4.69, 9.17) is 18.0 Å². The number of nitrogens with two attached hydrogens (primary N) is 1. The van der Waals surface area contributed by atoms with E-state index in [1.165, 1.54) is 24.5 Å². The highest BCUT2D eigenvalue weighted by molar-refractivity contribution is 7.99. The molecule has 0 aliphatic carbocycles. The summed E-state index contributed by atoms with van der Waals surface area (Å²) in [6.07, 6.45) is 2.12. The second kappa shape index (κ2) is 9.74. The Hall–Kier alpha value is 0.200. The molecule has 0 aromatic carbocycles. The fraction of sp³-hybridized carbons (Fsp3) is 0.900. The van der Waals surface area contributed by atoms with Gasteiger partial charge in [0, 0.05) is 13.0 Å². The molecule has 0 rings (SSSR count). The molecule has 0 radical (unpaired) electrons. The summed E-state index contributed by atoms with van der Waals surface area (Å²) in [6, 6.07) is 0. The Morgan fingerprint density at radius 2 is 2.07 bits per heavy atom. The highest BCUT2D eigenvalue weighted by atomic mass is 32.2. The van der Waals surface area contributed by atoms with Gasteiger partial charge in [-0.15, -0.1) is 0 Å². The van der Waals surface area contributed by atoms with Crippen molar-refractivity contribution >= 4 is 29.0 Å². The van der Waals surface area contributed by atoms with Crippen LogP contribution in [-0.2, 0) is 0 Å². The summed E-state index contributed by atoms with van der Waals surface area (Å²) in [5.41, 5.74) is 5.47. The maximum atomic E-state index is 5.47. The summed E-state index contributed by atoms with van der Waals surface area (Å²) >= 11 is 6.87. The normalized spacial score (nSPS) is 10.8. The Bertz CT molecular complexity index is 151. The third-order valence-corrected chi connectivity index (χ3v) is 3.28. The molecule has 2 N–H and O–H groups in total. The van der Waals surface area contributed by atoms with Crippen LogP contribution in [0.2, 0.25) is 0 Å². The largest absolute Gasteiger partial charge is 0.393 e. The second-order valence-corrected chi connectivity index (χ2v) is 5.12. The number of nitrogens with zero attached hydrogens (tertiary/aromatic N) is 1. The molecule has 2 nitrogen and oxygen atoms in total. The van der Waals surface area contributed by atoms with E-state index in [1.54, 1.807) is 0 Å². The highest BCUT2D eigenvalue weighted by Gasteiger charge is 2.02. The van der Waals surface area contributed by atoms with Gasteiger partial charge in [0.25, 0.3) is 0 Å². The average Bonchev–Trinajstić information content (AvgIpc) is 2.16. The summed E-state index contributed by atoms with van der Waals surface area (Å²) < 4.78 is 0. The van der Waals surface area contributed by atoms with Gasteiger partial charge in [-0.25, -0.2) is 0 Å². The van der Waals surface area contributed by atoms with Gasteiger partial charge in [-0.1, -0.05) is 26.1 Å². The van der Waals surface area contributed by atoms with Crippen LogP contribution in [0.5, 0.6) is 0 Å². The van der Waals surface area contributed by atoms with Crippen LogP contribution in [0.3, 0.4) is 0 Å². The van der Waals surface area contributed by atoms with Crippen molar-refractivity contribution < 1.29 is 0 Å². The van der Waals surface area contributed by atoms with Crippen molar-refractivity contribution in [2.24, 2.45) is 5.73 Å². The van der Waals surface area contributed by atoms with Gasteiger partial charge in [-0.05, 0) is 31.0 Å². The third kappa shape index (κ3) is 8.78. The smallest absolute Gasteiger partial charge is 0.0740 e. The molecule has 0 aliphatic heterocycles. The topological polar surface area (TPSA) is 29.3 Å². The number of thioether (sulfide) groups is 1. The first-order valence-electron chi connectivity index (χ1n) is 5.29. The summed E-state index contributed by atoms with van der Waals surface area (Å²) in [5, 5.41) is 0. The third-order valence-electron chi connectivity index (χ3n) is 2.09. The van der Waals surface area contributed by atoms with E-state index in [0.29, 0.717) is 4.99 Å². The van der Waals surface area contributed by atoms with Crippen molar-refractivity contribution in [3.63, 3.8) is 0 Å². The van der Waals surface area contributed by atoms with Crippen LogP contribution in [0.15, 0.2) is 0 Å². The molecule has 0 bridgehead atoms. The van der Waals surface area contributed by atoms with Crippen LogP contribution in [-0.4, -0.2) is 41.0 Å². The first-order valence-corrected chi connectivity index (χ1v) is 6.85. The number of thiocarbonyl (C=S) groups is 1. The van der Waals surface area contributed by atoms with Crippen molar-refractivity contribution in [2.75, 3.05) is 31.1 Å².